The SMILES string of the molecule is Cc1cccc(Nc2ncc(-c3ccc(O)c(C(N)=O)c3)s2)n1. The third-order valence-corrected chi connectivity index (χ3v) is 4.14. The van der Waals surface area contributed by atoms with E-state index in [1.54, 1.807) is 18.3 Å². The Balaban J connectivity index is 1.87. The molecule has 0 aliphatic carbocycles. The summed E-state index contributed by atoms with van der Waals surface area (Å²) in [6.45, 7) is 1.92. The van der Waals surface area contributed by atoms with Gasteiger partial charge >= 0.3 is 0 Å². The van der Waals surface area contributed by atoms with Crippen LogP contribution in [-0.2, 0) is 0 Å². The van der Waals surface area contributed by atoms with Crippen LogP contribution in [0.1, 0.15) is 16.1 Å². The highest BCUT2D eigenvalue weighted by atomic mass is 32.1. The normalized spacial score (nSPS) is 10.5. The van der Waals surface area contributed by atoms with Gasteiger partial charge in [0.2, 0.25) is 0 Å². The summed E-state index contributed by atoms with van der Waals surface area (Å²) in [4.78, 5) is 20.8. The lowest BCUT2D eigenvalue weighted by Crippen LogP contribution is -2.11. The van der Waals surface area contributed by atoms with Gasteiger partial charge < -0.3 is 16.2 Å². The molecule has 116 valence electrons. The molecule has 0 radical (unpaired) electrons. The summed E-state index contributed by atoms with van der Waals surface area (Å²) in [5.41, 5.74) is 7.02. The minimum atomic E-state index is -0.670. The van der Waals surface area contributed by atoms with Crippen LogP contribution >= 0.6 is 11.3 Å². The van der Waals surface area contributed by atoms with Gasteiger partial charge in [0.15, 0.2) is 5.13 Å². The summed E-state index contributed by atoms with van der Waals surface area (Å²) in [7, 11) is 0. The minimum absolute atomic E-state index is 0.0887. The molecule has 2 heterocycles. The van der Waals surface area contributed by atoms with Gasteiger partial charge in [0.05, 0.1) is 10.4 Å². The Morgan fingerprint density at radius 3 is 2.87 bits per heavy atom. The maximum absolute atomic E-state index is 11.3. The molecule has 0 unspecified atom stereocenters. The highest BCUT2D eigenvalue weighted by molar-refractivity contribution is 7.18. The van der Waals surface area contributed by atoms with Crippen LogP contribution in [0, 0.1) is 6.92 Å². The van der Waals surface area contributed by atoms with Crippen molar-refractivity contribution in [2.45, 2.75) is 6.92 Å². The second kappa shape index (κ2) is 6.05. The van der Waals surface area contributed by atoms with E-state index in [9.17, 15) is 9.90 Å². The highest BCUT2D eigenvalue weighted by Gasteiger charge is 2.11. The first-order chi connectivity index (χ1) is 11.0. The van der Waals surface area contributed by atoms with Crippen molar-refractivity contribution in [3.8, 4) is 16.2 Å². The van der Waals surface area contributed by atoms with Crippen LogP contribution in [0.4, 0.5) is 10.9 Å². The number of benzene rings is 1. The molecule has 0 bridgehead atoms. The van der Waals surface area contributed by atoms with Gasteiger partial charge in [-0.25, -0.2) is 9.97 Å². The number of nitrogens with zero attached hydrogens (tertiary/aromatic N) is 2. The van der Waals surface area contributed by atoms with Crippen molar-refractivity contribution in [2.24, 2.45) is 5.73 Å². The Kier molecular flexibility index (Phi) is 3.94. The molecule has 6 nitrogen and oxygen atoms in total. The third-order valence-electron chi connectivity index (χ3n) is 3.18. The second-order valence-electron chi connectivity index (χ2n) is 4.92. The molecule has 23 heavy (non-hydrogen) atoms. The number of thiazole rings is 1. The number of hydrogen-bond donors (Lipinski definition) is 3. The Bertz CT molecular complexity index is 876. The summed E-state index contributed by atoms with van der Waals surface area (Å²) < 4.78 is 0. The number of aryl methyl sites for hydroxylation is 1. The van der Waals surface area contributed by atoms with Gasteiger partial charge in [-0.3, -0.25) is 4.79 Å². The van der Waals surface area contributed by atoms with Crippen molar-refractivity contribution in [3.05, 3.63) is 53.9 Å². The molecule has 0 atom stereocenters. The molecule has 0 saturated heterocycles. The lowest BCUT2D eigenvalue weighted by Gasteiger charge is -2.03. The maximum atomic E-state index is 11.3. The van der Waals surface area contributed by atoms with Crippen LogP contribution in [0.3, 0.4) is 0 Å². The van der Waals surface area contributed by atoms with E-state index in [4.69, 9.17) is 5.73 Å². The molecule has 0 aliphatic heterocycles. The van der Waals surface area contributed by atoms with Crippen molar-refractivity contribution in [1.29, 1.82) is 0 Å². The second-order valence-corrected chi connectivity index (χ2v) is 5.95. The molecule has 1 aromatic carbocycles. The predicted octanol–water partition coefficient (Wildman–Crippen LogP) is 3.06. The highest BCUT2D eigenvalue weighted by Crippen LogP contribution is 2.32. The standard InChI is InChI=1S/C16H14N4O2S/c1-9-3-2-4-14(19-9)20-16-18-8-13(23-16)10-5-6-12(21)11(7-10)15(17)22/h2-8,21H,1H3,(H2,17,22)(H,18,19,20). The molecule has 3 aromatic rings. The van der Waals surface area contributed by atoms with E-state index in [1.165, 1.54) is 17.4 Å². The zero-order valence-electron chi connectivity index (χ0n) is 12.3. The number of amides is 1. The lowest BCUT2D eigenvalue weighted by atomic mass is 10.1. The van der Waals surface area contributed by atoms with Crippen LogP contribution in [0.2, 0.25) is 0 Å². The van der Waals surface area contributed by atoms with Crippen molar-refractivity contribution in [1.82, 2.24) is 9.97 Å². The van der Waals surface area contributed by atoms with Gasteiger partial charge in [-0.2, -0.15) is 0 Å². The number of carbonyl (C=O) groups is 1. The number of aromatic hydroxyl groups is 1. The van der Waals surface area contributed by atoms with Crippen LogP contribution in [0.15, 0.2) is 42.6 Å². The van der Waals surface area contributed by atoms with E-state index < -0.39 is 5.91 Å². The van der Waals surface area contributed by atoms with Gasteiger partial charge in [0, 0.05) is 11.9 Å². The van der Waals surface area contributed by atoms with Gasteiger partial charge in [-0.15, -0.1) is 0 Å². The van der Waals surface area contributed by atoms with Gasteiger partial charge in [0.1, 0.15) is 11.6 Å². The first-order valence-electron chi connectivity index (χ1n) is 6.82. The fourth-order valence-corrected chi connectivity index (χ4v) is 2.89. The van der Waals surface area contributed by atoms with Crippen LogP contribution in [-0.4, -0.2) is 21.0 Å². The zero-order valence-corrected chi connectivity index (χ0v) is 13.1. The molecule has 0 fully saturated rings. The number of primary amides is 1. The van der Waals surface area contributed by atoms with Crippen molar-refractivity contribution < 1.29 is 9.90 Å². The van der Waals surface area contributed by atoms with Crippen LogP contribution in [0.5, 0.6) is 5.75 Å². The van der Waals surface area contributed by atoms with Crippen molar-refractivity contribution in [2.75, 3.05) is 5.32 Å². The number of rotatable bonds is 4. The Hall–Kier alpha value is -2.93. The number of pyridine rings is 1. The average Bonchev–Trinajstić information content (AvgIpc) is 2.96. The van der Waals surface area contributed by atoms with Crippen LogP contribution in [0.25, 0.3) is 10.4 Å². The van der Waals surface area contributed by atoms with E-state index >= 15 is 0 Å². The van der Waals surface area contributed by atoms with Crippen LogP contribution < -0.4 is 11.1 Å². The van der Waals surface area contributed by atoms with E-state index in [1.807, 2.05) is 25.1 Å². The molecule has 0 aliphatic rings. The Morgan fingerprint density at radius 1 is 1.30 bits per heavy atom. The molecular weight excluding hydrogens is 312 g/mol. The van der Waals surface area contributed by atoms with E-state index in [-0.39, 0.29) is 11.3 Å². The molecule has 3 rings (SSSR count). The van der Waals surface area contributed by atoms with Crippen molar-refractivity contribution in [3.63, 3.8) is 0 Å². The summed E-state index contributed by atoms with van der Waals surface area (Å²) in [6.07, 6.45) is 1.69. The molecule has 0 saturated carbocycles. The maximum Gasteiger partial charge on any atom is 0.252 e. The van der Waals surface area contributed by atoms with E-state index in [0.29, 0.717) is 5.13 Å². The number of aromatic nitrogens is 2. The number of nitrogens with one attached hydrogen (secondary N) is 1. The molecule has 1 amide bonds. The Labute approximate surface area is 136 Å². The summed E-state index contributed by atoms with van der Waals surface area (Å²) in [6, 6.07) is 10.4. The Morgan fingerprint density at radius 2 is 2.13 bits per heavy atom. The number of phenols is 1. The van der Waals surface area contributed by atoms with Gasteiger partial charge in [-0.05, 0) is 42.8 Å². The fourth-order valence-electron chi connectivity index (χ4n) is 2.07. The zero-order chi connectivity index (χ0) is 16.4. The molecule has 7 heteroatoms. The molecule has 0 spiro atoms. The van der Waals surface area contributed by atoms with E-state index in [0.717, 1.165) is 22.0 Å². The quantitative estimate of drug-likeness (QED) is 0.684. The third kappa shape index (κ3) is 3.29. The topological polar surface area (TPSA) is 101 Å². The first kappa shape index (κ1) is 15.0. The smallest absolute Gasteiger partial charge is 0.252 e. The van der Waals surface area contributed by atoms with Gasteiger partial charge in [0.25, 0.3) is 5.91 Å². The molecule has 2 aromatic heterocycles. The number of nitrogens with two attached hydrogens (primary N) is 1. The molecule has 4 N–H and O–H groups in total. The number of anilines is 2. The average molecular weight is 326 g/mol. The summed E-state index contributed by atoms with van der Waals surface area (Å²) in [5, 5.41) is 13.5. The predicted molar refractivity (Wildman–Crippen MR) is 90.0 cm³/mol. The van der Waals surface area contributed by atoms with Crippen molar-refractivity contribution >= 4 is 28.2 Å². The summed E-state index contributed by atoms with van der Waals surface area (Å²) in [5.74, 6) is -0.0846. The van der Waals surface area contributed by atoms with E-state index in [2.05, 4.69) is 15.3 Å². The molecular formula is C16H14N4O2S. The largest absolute Gasteiger partial charge is 0.507 e. The fraction of sp³-hybridized carbons (Fsp3) is 0.0625. The minimum Gasteiger partial charge on any atom is -0.507 e. The van der Waals surface area contributed by atoms with Gasteiger partial charge in [-0.1, -0.05) is 17.4 Å². The number of hydrogen-bond acceptors (Lipinski definition) is 6. The monoisotopic (exact) mass is 326 g/mol. The lowest BCUT2D eigenvalue weighted by molar-refractivity contribution is 0.0998. The number of carbonyl (C=O) groups excluding carboxylic acids is 1. The first-order valence-corrected chi connectivity index (χ1v) is 7.64. The summed E-state index contributed by atoms with van der Waals surface area (Å²) >= 11 is 1.42.